The van der Waals surface area contributed by atoms with E-state index >= 15 is 0 Å². The molecule has 0 radical (unpaired) electrons. The van der Waals surface area contributed by atoms with E-state index in [0.29, 0.717) is 0 Å². The predicted octanol–water partition coefficient (Wildman–Crippen LogP) is 1.94. The van der Waals surface area contributed by atoms with Gasteiger partial charge < -0.3 is 14.8 Å². The Balaban J connectivity index is 2.39. The smallest absolute Gasteiger partial charge is 0.0347 e. The Kier molecular flexibility index (Phi) is 4.56. The van der Waals surface area contributed by atoms with Crippen molar-refractivity contribution in [2.24, 2.45) is 0 Å². The molecule has 0 fully saturated rings. The molecular formula is C13H25N3. The molecule has 3 nitrogen and oxygen atoms in total. The molecule has 0 aliphatic heterocycles. The van der Waals surface area contributed by atoms with Crippen molar-refractivity contribution in [2.75, 3.05) is 20.6 Å². The van der Waals surface area contributed by atoms with Gasteiger partial charge in [0.2, 0.25) is 0 Å². The summed E-state index contributed by atoms with van der Waals surface area (Å²) in [5.41, 5.74) is 1.54. The monoisotopic (exact) mass is 223 g/mol. The van der Waals surface area contributed by atoms with Gasteiger partial charge in [-0.05, 0) is 46.5 Å². The molecule has 0 aliphatic rings. The first kappa shape index (κ1) is 13.3. The molecule has 1 rings (SSSR count). The second kappa shape index (κ2) is 5.51. The summed E-state index contributed by atoms with van der Waals surface area (Å²) in [6.45, 7) is 9.66. The van der Waals surface area contributed by atoms with Gasteiger partial charge in [-0.1, -0.05) is 0 Å². The molecule has 0 amide bonds. The van der Waals surface area contributed by atoms with E-state index in [1.54, 1.807) is 0 Å². The Morgan fingerprint density at radius 2 is 2.00 bits per heavy atom. The van der Waals surface area contributed by atoms with Gasteiger partial charge >= 0.3 is 0 Å². The molecule has 0 bridgehead atoms. The van der Waals surface area contributed by atoms with Crippen molar-refractivity contribution in [3.8, 4) is 0 Å². The lowest BCUT2D eigenvalue weighted by molar-refractivity contribution is 0.384. The fourth-order valence-corrected chi connectivity index (χ4v) is 1.42. The van der Waals surface area contributed by atoms with Crippen molar-refractivity contribution in [3.05, 3.63) is 24.0 Å². The van der Waals surface area contributed by atoms with Gasteiger partial charge in [-0.3, -0.25) is 0 Å². The molecule has 3 heteroatoms. The maximum Gasteiger partial charge on any atom is 0.0347 e. The summed E-state index contributed by atoms with van der Waals surface area (Å²) in [6, 6.07) is 2.19. The average Bonchev–Trinajstić information content (AvgIpc) is 2.58. The number of aromatic nitrogens is 1. The number of nitrogens with zero attached hydrogens (tertiary/aromatic N) is 2. The van der Waals surface area contributed by atoms with Crippen molar-refractivity contribution in [1.29, 1.82) is 0 Å². The first-order valence-electron chi connectivity index (χ1n) is 5.91. The van der Waals surface area contributed by atoms with Crippen molar-refractivity contribution in [1.82, 2.24) is 14.8 Å². The van der Waals surface area contributed by atoms with Crippen LogP contribution in [0.15, 0.2) is 18.5 Å². The highest BCUT2D eigenvalue weighted by Gasteiger charge is 2.08. The Labute approximate surface area is 99.4 Å². The van der Waals surface area contributed by atoms with Gasteiger partial charge in [0.25, 0.3) is 0 Å². The molecule has 92 valence electrons. The van der Waals surface area contributed by atoms with Gasteiger partial charge in [0.1, 0.15) is 0 Å². The van der Waals surface area contributed by atoms with E-state index in [9.17, 15) is 0 Å². The van der Waals surface area contributed by atoms with E-state index in [1.807, 2.05) is 0 Å². The summed E-state index contributed by atoms with van der Waals surface area (Å²) in [7, 11) is 4.21. The van der Waals surface area contributed by atoms with Crippen LogP contribution < -0.4 is 5.32 Å². The van der Waals surface area contributed by atoms with Crippen LogP contribution in [0.25, 0.3) is 0 Å². The third kappa shape index (κ3) is 5.33. The summed E-state index contributed by atoms with van der Waals surface area (Å²) < 4.78 is 2.25. The molecule has 0 saturated carbocycles. The Morgan fingerprint density at radius 1 is 1.31 bits per heavy atom. The molecule has 0 spiro atoms. The topological polar surface area (TPSA) is 20.2 Å². The molecule has 1 heterocycles. The molecule has 1 N–H and O–H groups in total. The van der Waals surface area contributed by atoms with Gasteiger partial charge in [-0.15, -0.1) is 0 Å². The van der Waals surface area contributed by atoms with Crippen molar-refractivity contribution < 1.29 is 0 Å². The maximum atomic E-state index is 3.49. The summed E-state index contributed by atoms with van der Waals surface area (Å²) in [6.07, 6.45) is 4.38. The molecule has 0 unspecified atom stereocenters. The zero-order valence-electron chi connectivity index (χ0n) is 11.2. The zero-order valence-corrected chi connectivity index (χ0v) is 11.2. The molecular weight excluding hydrogens is 198 g/mol. The van der Waals surface area contributed by atoms with Crippen LogP contribution in [-0.2, 0) is 13.1 Å². The molecule has 0 atom stereocenters. The van der Waals surface area contributed by atoms with E-state index in [0.717, 1.165) is 19.6 Å². The normalized spacial score (nSPS) is 12.4. The third-order valence-corrected chi connectivity index (χ3v) is 2.44. The second-order valence-electron chi connectivity index (χ2n) is 5.66. The lowest BCUT2D eigenvalue weighted by Crippen LogP contribution is -2.34. The Hall–Kier alpha value is -0.800. The van der Waals surface area contributed by atoms with E-state index < -0.39 is 0 Å². The van der Waals surface area contributed by atoms with Crippen LogP contribution in [0.4, 0.5) is 0 Å². The summed E-state index contributed by atoms with van der Waals surface area (Å²) >= 11 is 0. The molecule has 0 aliphatic carbocycles. The molecule has 1 aromatic heterocycles. The SMILES string of the molecule is CN(C)CCn1ccc(CNC(C)(C)C)c1. The molecule has 1 aromatic rings. The number of rotatable bonds is 5. The Bertz CT molecular complexity index is 307. The molecule has 0 saturated heterocycles. The van der Waals surface area contributed by atoms with Crippen LogP contribution >= 0.6 is 0 Å². The van der Waals surface area contributed by atoms with E-state index in [-0.39, 0.29) is 5.54 Å². The van der Waals surface area contributed by atoms with Crippen LogP contribution in [0.3, 0.4) is 0 Å². The third-order valence-electron chi connectivity index (χ3n) is 2.44. The van der Waals surface area contributed by atoms with Crippen LogP contribution in [-0.4, -0.2) is 35.6 Å². The summed E-state index contributed by atoms with van der Waals surface area (Å²) in [5, 5.41) is 3.49. The van der Waals surface area contributed by atoms with E-state index in [2.05, 4.69) is 68.1 Å². The van der Waals surface area contributed by atoms with Crippen molar-refractivity contribution in [2.45, 2.75) is 39.4 Å². The molecule has 0 aromatic carbocycles. The number of nitrogens with one attached hydrogen (secondary N) is 1. The lowest BCUT2D eigenvalue weighted by atomic mass is 10.1. The summed E-state index contributed by atoms with van der Waals surface area (Å²) in [4.78, 5) is 2.20. The molecule has 16 heavy (non-hydrogen) atoms. The standard InChI is InChI=1S/C13H25N3/c1-13(2,3)14-10-12-6-7-16(11-12)9-8-15(4)5/h6-7,11,14H,8-10H2,1-5H3. The van der Waals surface area contributed by atoms with E-state index in [1.165, 1.54) is 5.56 Å². The highest BCUT2D eigenvalue weighted by Crippen LogP contribution is 2.05. The van der Waals surface area contributed by atoms with E-state index in [4.69, 9.17) is 0 Å². The van der Waals surface area contributed by atoms with Crippen LogP contribution in [0.2, 0.25) is 0 Å². The Morgan fingerprint density at radius 3 is 2.56 bits per heavy atom. The predicted molar refractivity (Wildman–Crippen MR) is 69.6 cm³/mol. The second-order valence-corrected chi connectivity index (χ2v) is 5.66. The minimum atomic E-state index is 0.186. The zero-order chi connectivity index (χ0) is 12.2. The van der Waals surface area contributed by atoms with Gasteiger partial charge in [0.15, 0.2) is 0 Å². The van der Waals surface area contributed by atoms with Gasteiger partial charge in [0, 0.05) is 37.6 Å². The van der Waals surface area contributed by atoms with Crippen LogP contribution in [0.1, 0.15) is 26.3 Å². The highest BCUT2D eigenvalue weighted by molar-refractivity contribution is 5.10. The largest absolute Gasteiger partial charge is 0.353 e. The number of hydrogen-bond acceptors (Lipinski definition) is 2. The minimum Gasteiger partial charge on any atom is -0.353 e. The van der Waals surface area contributed by atoms with Crippen molar-refractivity contribution in [3.63, 3.8) is 0 Å². The van der Waals surface area contributed by atoms with Crippen molar-refractivity contribution >= 4 is 0 Å². The van der Waals surface area contributed by atoms with Crippen LogP contribution in [0.5, 0.6) is 0 Å². The highest BCUT2D eigenvalue weighted by atomic mass is 15.1. The maximum absolute atomic E-state index is 3.49. The van der Waals surface area contributed by atoms with Gasteiger partial charge in [-0.25, -0.2) is 0 Å². The first-order valence-corrected chi connectivity index (χ1v) is 5.91. The number of hydrogen-bond donors (Lipinski definition) is 1. The average molecular weight is 223 g/mol. The number of likely N-dealkylation sites (N-methyl/N-ethyl adjacent to an activating group) is 1. The van der Waals surface area contributed by atoms with Gasteiger partial charge in [0.05, 0.1) is 0 Å². The fourth-order valence-electron chi connectivity index (χ4n) is 1.42. The lowest BCUT2D eigenvalue weighted by Gasteiger charge is -2.19. The van der Waals surface area contributed by atoms with Gasteiger partial charge in [-0.2, -0.15) is 0 Å². The fraction of sp³-hybridized carbons (Fsp3) is 0.692. The first-order chi connectivity index (χ1) is 7.37. The summed E-state index contributed by atoms with van der Waals surface area (Å²) in [5.74, 6) is 0. The van der Waals surface area contributed by atoms with Crippen LogP contribution in [0, 0.1) is 0 Å². The minimum absolute atomic E-state index is 0.186. The quantitative estimate of drug-likeness (QED) is 0.823.